The van der Waals surface area contributed by atoms with E-state index >= 15 is 0 Å². The maximum Gasteiger partial charge on any atom is 0.225 e. The second kappa shape index (κ2) is 9.26. The molecule has 0 bridgehead atoms. The number of nitrogens with one attached hydrogen (secondary N) is 1. The van der Waals surface area contributed by atoms with Crippen molar-refractivity contribution < 1.29 is 9.59 Å². The van der Waals surface area contributed by atoms with Crippen molar-refractivity contribution in [2.24, 2.45) is 11.8 Å². The van der Waals surface area contributed by atoms with Crippen molar-refractivity contribution in [3.8, 4) is 0 Å². The highest BCUT2D eigenvalue weighted by Gasteiger charge is 2.27. The molecule has 0 spiro atoms. The molecule has 5 nitrogen and oxygen atoms in total. The van der Waals surface area contributed by atoms with Crippen molar-refractivity contribution in [1.29, 1.82) is 0 Å². The minimum Gasteiger partial charge on any atom is -0.356 e. The first-order valence-electron chi connectivity index (χ1n) is 9.37. The molecular weight excluding hydrogens is 290 g/mol. The zero-order valence-electron chi connectivity index (χ0n) is 14.9. The molecule has 0 aromatic heterocycles. The highest BCUT2D eigenvalue weighted by Crippen LogP contribution is 2.19. The maximum atomic E-state index is 12.2. The van der Waals surface area contributed by atoms with Gasteiger partial charge in [-0.05, 0) is 51.7 Å². The second-order valence-corrected chi connectivity index (χ2v) is 7.30. The van der Waals surface area contributed by atoms with Gasteiger partial charge in [0.05, 0.1) is 0 Å². The largest absolute Gasteiger partial charge is 0.356 e. The molecule has 2 rings (SSSR count). The van der Waals surface area contributed by atoms with Crippen molar-refractivity contribution in [3.63, 3.8) is 0 Å². The first-order chi connectivity index (χ1) is 11.1. The van der Waals surface area contributed by atoms with Crippen LogP contribution in [-0.4, -0.2) is 60.9 Å². The van der Waals surface area contributed by atoms with Crippen LogP contribution in [0.3, 0.4) is 0 Å². The number of carbonyl (C=O) groups excluding carboxylic acids is 2. The Kier molecular flexibility index (Phi) is 7.34. The second-order valence-electron chi connectivity index (χ2n) is 7.30. The summed E-state index contributed by atoms with van der Waals surface area (Å²) in [5.41, 5.74) is 0. The van der Waals surface area contributed by atoms with Gasteiger partial charge < -0.3 is 15.1 Å². The first kappa shape index (κ1) is 18.2. The third-order valence-electron chi connectivity index (χ3n) is 5.07. The van der Waals surface area contributed by atoms with Gasteiger partial charge in [-0.3, -0.25) is 9.59 Å². The Morgan fingerprint density at radius 2 is 1.70 bits per heavy atom. The summed E-state index contributed by atoms with van der Waals surface area (Å²) in [4.78, 5) is 28.6. The minimum absolute atomic E-state index is 0.0511. The molecule has 0 aromatic carbocycles. The van der Waals surface area contributed by atoms with E-state index in [1.54, 1.807) is 0 Å². The predicted molar refractivity (Wildman–Crippen MR) is 92.1 cm³/mol. The Balaban J connectivity index is 1.58. The van der Waals surface area contributed by atoms with Crippen LogP contribution in [0.1, 0.15) is 52.4 Å². The van der Waals surface area contributed by atoms with Crippen LogP contribution in [0.2, 0.25) is 0 Å². The molecule has 2 saturated heterocycles. The number of likely N-dealkylation sites (tertiary alicyclic amines) is 2. The van der Waals surface area contributed by atoms with Crippen molar-refractivity contribution >= 4 is 11.8 Å². The van der Waals surface area contributed by atoms with Crippen LogP contribution in [0.4, 0.5) is 0 Å². The van der Waals surface area contributed by atoms with Crippen LogP contribution in [0.15, 0.2) is 0 Å². The van der Waals surface area contributed by atoms with E-state index in [1.807, 2.05) is 18.7 Å². The molecule has 2 aliphatic heterocycles. The van der Waals surface area contributed by atoms with Gasteiger partial charge in [0.2, 0.25) is 11.8 Å². The van der Waals surface area contributed by atoms with Gasteiger partial charge in [0.1, 0.15) is 0 Å². The van der Waals surface area contributed by atoms with E-state index in [-0.39, 0.29) is 23.7 Å². The number of amides is 2. The highest BCUT2D eigenvalue weighted by molar-refractivity contribution is 5.80. The van der Waals surface area contributed by atoms with E-state index in [9.17, 15) is 9.59 Å². The molecule has 2 heterocycles. The van der Waals surface area contributed by atoms with Crippen LogP contribution in [-0.2, 0) is 9.59 Å². The fraction of sp³-hybridized carbons (Fsp3) is 0.889. The molecule has 0 aromatic rings. The summed E-state index contributed by atoms with van der Waals surface area (Å²) in [6.07, 6.45) is 6.65. The number of piperidine rings is 2. The average molecular weight is 323 g/mol. The van der Waals surface area contributed by atoms with Crippen LogP contribution < -0.4 is 5.32 Å². The fourth-order valence-corrected chi connectivity index (χ4v) is 3.57. The quantitative estimate of drug-likeness (QED) is 0.759. The van der Waals surface area contributed by atoms with Crippen LogP contribution in [0.25, 0.3) is 0 Å². The van der Waals surface area contributed by atoms with Crippen molar-refractivity contribution in [2.75, 3.05) is 39.3 Å². The Morgan fingerprint density at radius 1 is 1.04 bits per heavy atom. The van der Waals surface area contributed by atoms with Gasteiger partial charge in [0.15, 0.2) is 0 Å². The molecule has 2 aliphatic rings. The Morgan fingerprint density at radius 3 is 2.30 bits per heavy atom. The summed E-state index contributed by atoms with van der Waals surface area (Å²) >= 11 is 0. The lowest BCUT2D eigenvalue weighted by atomic mass is 9.95. The molecule has 0 saturated carbocycles. The van der Waals surface area contributed by atoms with E-state index in [2.05, 4.69) is 10.2 Å². The highest BCUT2D eigenvalue weighted by atomic mass is 16.2. The Labute approximate surface area is 140 Å². The summed E-state index contributed by atoms with van der Waals surface area (Å²) in [5, 5.41) is 3.09. The van der Waals surface area contributed by atoms with Gasteiger partial charge in [-0.2, -0.15) is 0 Å². The van der Waals surface area contributed by atoms with Crippen LogP contribution in [0.5, 0.6) is 0 Å². The lowest BCUT2D eigenvalue weighted by molar-refractivity contribution is -0.138. The molecule has 2 amide bonds. The van der Waals surface area contributed by atoms with Gasteiger partial charge in [0, 0.05) is 31.5 Å². The van der Waals surface area contributed by atoms with Crippen molar-refractivity contribution in [3.05, 3.63) is 0 Å². The molecule has 0 unspecified atom stereocenters. The van der Waals surface area contributed by atoms with Crippen molar-refractivity contribution in [2.45, 2.75) is 52.4 Å². The number of carbonyl (C=O) groups is 2. The zero-order valence-corrected chi connectivity index (χ0v) is 14.9. The van der Waals surface area contributed by atoms with Gasteiger partial charge in [0.25, 0.3) is 0 Å². The smallest absolute Gasteiger partial charge is 0.225 e. The first-order valence-corrected chi connectivity index (χ1v) is 9.37. The SMILES string of the molecule is CC(C)C(=O)N1CCC(C(=O)NCCCN2CCCCC2)CC1. The Bertz CT molecular complexity index is 384. The molecule has 0 radical (unpaired) electrons. The topological polar surface area (TPSA) is 52.7 Å². The number of hydrogen-bond donors (Lipinski definition) is 1. The van der Waals surface area contributed by atoms with E-state index in [1.165, 1.54) is 32.4 Å². The molecular formula is C18H33N3O2. The summed E-state index contributed by atoms with van der Waals surface area (Å²) in [7, 11) is 0. The van der Waals surface area contributed by atoms with Crippen LogP contribution in [0, 0.1) is 11.8 Å². The van der Waals surface area contributed by atoms with Crippen molar-refractivity contribution in [1.82, 2.24) is 15.1 Å². The van der Waals surface area contributed by atoms with Gasteiger partial charge >= 0.3 is 0 Å². The molecule has 2 fully saturated rings. The molecule has 1 N–H and O–H groups in total. The molecule has 5 heteroatoms. The van der Waals surface area contributed by atoms with Gasteiger partial charge in [-0.25, -0.2) is 0 Å². The number of rotatable bonds is 6. The minimum atomic E-state index is 0.0511. The van der Waals surface area contributed by atoms with E-state index < -0.39 is 0 Å². The lowest BCUT2D eigenvalue weighted by Gasteiger charge is -2.32. The number of nitrogens with zero attached hydrogens (tertiary/aromatic N) is 2. The average Bonchev–Trinajstić information content (AvgIpc) is 2.59. The van der Waals surface area contributed by atoms with E-state index in [0.29, 0.717) is 0 Å². The zero-order chi connectivity index (χ0) is 16.7. The molecule has 132 valence electrons. The van der Waals surface area contributed by atoms with Crippen LogP contribution >= 0.6 is 0 Å². The summed E-state index contributed by atoms with van der Waals surface area (Å²) in [6.45, 7) is 9.63. The fourth-order valence-electron chi connectivity index (χ4n) is 3.57. The molecule has 0 atom stereocenters. The Hall–Kier alpha value is -1.10. The van der Waals surface area contributed by atoms with E-state index in [0.717, 1.165) is 45.4 Å². The lowest BCUT2D eigenvalue weighted by Crippen LogP contribution is -2.44. The standard InChI is InChI=1S/C18H33N3O2/c1-15(2)18(23)21-13-7-16(8-14-21)17(22)19-9-6-12-20-10-4-3-5-11-20/h15-16H,3-14H2,1-2H3,(H,19,22). The third-order valence-corrected chi connectivity index (χ3v) is 5.07. The third kappa shape index (κ3) is 5.79. The summed E-state index contributed by atoms with van der Waals surface area (Å²) in [5.74, 6) is 0.530. The summed E-state index contributed by atoms with van der Waals surface area (Å²) in [6, 6.07) is 0. The molecule has 0 aliphatic carbocycles. The van der Waals surface area contributed by atoms with E-state index in [4.69, 9.17) is 0 Å². The molecule has 23 heavy (non-hydrogen) atoms. The van der Waals surface area contributed by atoms with Gasteiger partial charge in [-0.15, -0.1) is 0 Å². The number of hydrogen-bond acceptors (Lipinski definition) is 3. The normalized spacial score (nSPS) is 20.7. The monoisotopic (exact) mass is 323 g/mol. The predicted octanol–water partition coefficient (Wildman–Crippen LogP) is 1.87. The van der Waals surface area contributed by atoms with Gasteiger partial charge in [-0.1, -0.05) is 20.3 Å². The maximum absolute atomic E-state index is 12.2. The summed E-state index contributed by atoms with van der Waals surface area (Å²) < 4.78 is 0.